The number of nitrogens with zero attached hydrogens (tertiary/aromatic N) is 1. The Bertz CT molecular complexity index is 779. The van der Waals surface area contributed by atoms with Crippen molar-refractivity contribution in [1.29, 1.82) is 0 Å². The Hall–Kier alpha value is -2.17. The molecule has 0 saturated carbocycles. The summed E-state index contributed by atoms with van der Waals surface area (Å²) in [6.45, 7) is 3.45. The van der Waals surface area contributed by atoms with Gasteiger partial charge in [0, 0.05) is 32.1 Å². The molecule has 2 aromatic rings. The van der Waals surface area contributed by atoms with Crippen molar-refractivity contribution in [3.8, 4) is 0 Å². The van der Waals surface area contributed by atoms with E-state index < -0.39 is 0 Å². The molecule has 0 spiro atoms. The molecule has 2 aliphatic heterocycles. The van der Waals surface area contributed by atoms with Crippen molar-refractivity contribution in [2.45, 2.75) is 24.7 Å². The van der Waals surface area contributed by atoms with Crippen LogP contribution in [-0.2, 0) is 4.79 Å². The summed E-state index contributed by atoms with van der Waals surface area (Å²) in [5.74, 6) is 1.27. The zero-order valence-corrected chi connectivity index (χ0v) is 17.0. The number of hydrogen-bond acceptors (Lipinski definition) is 2. The van der Waals surface area contributed by atoms with Gasteiger partial charge in [0.2, 0.25) is 5.91 Å². The Morgan fingerprint density at radius 1 is 0.929 bits per heavy atom. The largest absolute Gasteiger partial charge is 0.342 e. The zero-order valence-electron chi connectivity index (χ0n) is 17.0. The van der Waals surface area contributed by atoms with E-state index in [1.807, 2.05) is 0 Å². The topological polar surface area (TPSA) is 36.8 Å². The van der Waals surface area contributed by atoms with Crippen LogP contribution >= 0.6 is 0 Å². The molecule has 4 nitrogen and oxygen atoms in total. The summed E-state index contributed by atoms with van der Waals surface area (Å²) in [7, 11) is 4.27. The lowest BCUT2D eigenvalue weighted by Gasteiger charge is -2.35. The van der Waals surface area contributed by atoms with Gasteiger partial charge in [-0.1, -0.05) is 42.5 Å². The lowest BCUT2D eigenvalue weighted by atomic mass is 9.85. The van der Waals surface area contributed by atoms with E-state index in [2.05, 4.69) is 78.9 Å². The van der Waals surface area contributed by atoms with E-state index in [0.29, 0.717) is 11.8 Å². The van der Waals surface area contributed by atoms with Gasteiger partial charge in [0.25, 0.3) is 0 Å². The minimum absolute atomic E-state index is 0.0610. The van der Waals surface area contributed by atoms with Crippen LogP contribution in [0, 0.1) is 5.92 Å². The molecular formula is C24H32N3O+. The van der Waals surface area contributed by atoms with Gasteiger partial charge in [-0.2, -0.15) is 0 Å². The van der Waals surface area contributed by atoms with E-state index in [-0.39, 0.29) is 11.8 Å². The second kappa shape index (κ2) is 8.46. The first-order valence-corrected chi connectivity index (χ1v) is 10.6. The average molecular weight is 379 g/mol. The first-order valence-electron chi connectivity index (χ1n) is 10.6. The van der Waals surface area contributed by atoms with Gasteiger partial charge >= 0.3 is 0 Å². The van der Waals surface area contributed by atoms with E-state index in [9.17, 15) is 4.79 Å². The second-order valence-electron chi connectivity index (χ2n) is 8.50. The van der Waals surface area contributed by atoms with E-state index in [1.54, 1.807) is 0 Å². The van der Waals surface area contributed by atoms with Crippen LogP contribution in [0.25, 0.3) is 0 Å². The van der Waals surface area contributed by atoms with Gasteiger partial charge in [0.05, 0.1) is 20.0 Å². The van der Waals surface area contributed by atoms with Crippen molar-refractivity contribution in [1.82, 2.24) is 10.2 Å². The maximum atomic E-state index is 13.3. The summed E-state index contributed by atoms with van der Waals surface area (Å²) in [5.41, 5.74) is 3.98. The predicted octanol–water partition coefficient (Wildman–Crippen LogP) is 2.17. The van der Waals surface area contributed by atoms with Crippen molar-refractivity contribution in [3.63, 3.8) is 0 Å². The molecule has 2 atom stereocenters. The molecule has 0 aliphatic carbocycles. The molecular weight excluding hydrogens is 346 g/mol. The number of rotatable bonds is 4. The number of carbonyl (C=O) groups is 1. The molecule has 0 radical (unpaired) electrons. The molecule has 4 rings (SSSR count). The van der Waals surface area contributed by atoms with Crippen LogP contribution in [0.1, 0.15) is 35.8 Å². The fourth-order valence-corrected chi connectivity index (χ4v) is 4.74. The van der Waals surface area contributed by atoms with E-state index >= 15 is 0 Å². The lowest BCUT2D eigenvalue weighted by molar-refractivity contribution is -0.786. The summed E-state index contributed by atoms with van der Waals surface area (Å²) < 4.78 is 0. The van der Waals surface area contributed by atoms with Crippen LogP contribution in [-0.4, -0.2) is 51.1 Å². The molecule has 2 saturated heterocycles. The van der Waals surface area contributed by atoms with Crippen molar-refractivity contribution < 1.29 is 9.69 Å². The van der Waals surface area contributed by atoms with Crippen LogP contribution in [0.2, 0.25) is 0 Å². The first kappa shape index (κ1) is 19.2. The molecule has 28 heavy (non-hydrogen) atoms. The molecule has 148 valence electrons. The normalized spacial score (nSPS) is 23.3. The fourth-order valence-electron chi connectivity index (χ4n) is 4.74. The molecule has 2 aliphatic rings. The summed E-state index contributed by atoms with van der Waals surface area (Å²) >= 11 is 0. The maximum Gasteiger partial charge on any atom is 0.227 e. The number of benzene rings is 2. The number of carbonyl (C=O) groups excluding carboxylic acids is 1. The highest BCUT2D eigenvalue weighted by Gasteiger charge is 2.37. The number of piperidine rings is 1. The molecule has 2 N–H and O–H groups in total. The molecule has 2 aromatic carbocycles. The van der Waals surface area contributed by atoms with Gasteiger partial charge in [-0.05, 0) is 42.0 Å². The van der Waals surface area contributed by atoms with E-state index in [0.717, 1.165) is 39.0 Å². The van der Waals surface area contributed by atoms with E-state index in [1.165, 1.54) is 21.7 Å². The lowest BCUT2D eigenvalue weighted by Crippen LogP contribution is -3.00. The summed E-state index contributed by atoms with van der Waals surface area (Å²) in [4.78, 5) is 16.7. The van der Waals surface area contributed by atoms with Gasteiger partial charge in [0.1, 0.15) is 5.69 Å². The number of amides is 1. The van der Waals surface area contributed by atoms with Gasteiger partial charge in [0.15, 0.2) is 0 Å². The van der Waals surface area contributed by atoms with Gasteiger partial charge < -0.3 is 15.1 Å². The molecule has 1 amide bonds. The van der Waals surface area contributed by atoms with Crippen LogP contribution in [0.4, 0.5) is 5.69 Å². The Balaban J connectivity index is 1.40. The van der Waals surface area contributed by atoms with Crippen molar-refractivity contribution in [3.05, 3.63) is 65.7 Å². The third-order valence-corrected chi connectivity index (χ3v) is 6.53. The summed E-state index contributed by atoms with van der Waals surface area (Å²) in [6, 6.07) is 19.5. The van der Waals surface area contributed by atoms with Crippen LogP contribution in [0.15, 0.2) is 54.6 Å². The molecule has 0 unspecified atom stereocenters. The minimum atomic E-state index is 0.0610. The Kier molecular flexibility index (Phi) is 5.79. The number of nitrogens with one attached hydrogen (secondary N) is 2. The van der Waals surface area contributed by atoms with Crippen LogP contribution in [0.3, 0.4) is 0 Å². The monoisotopic (exact) mass is 378 g/mol. The minimum Gasteiger partial charge on any atom is -0.342 e. The SMILES string of the molecule is C[NH+](C)c1ccc([C@@H]2CNC[C@H]2C(=O)N2CCC(c3ccccc3)CC2)cc1. The number of hydrogen-bond donors (Lipinski definition) is 2. The molecule has 2 heterocycles. The van der Waals surface area contributed by atoms with Crippen molar-refractivity contribution in [2.75, 3.05) is 40.3 Å². The average Bonchev–Trinajstić information content (AvgIpc) is 3.24. The highest BCUT2D eigenvalue weighted by molar-refractivity contribution is 5.81. The molecule has 2 fully saturated rings. The maximum absolute atomic E-state index is 13.3. The van der Waals surface area contributed by atoms with Gasteiger partial charge in [-0.3, -0.25) is 4.79 Å². The highest BCUT2D eigenvalue weighted by Crippen LogP contribution is 2.33. The summed E-state index contributed by atoms with van der Waals surface area (Å²) in [6.07, 6.45) is 2.14. The fraction of sp³-hybridized carbons (Fsp3) is 0.458. The standard InChI is InChI=1S/C24H31N3O/c1-26(2)21-10-8-20(9-11-21)22-16-25-17-23(22)24(28)27-14-12-19(13-15-27)18-6-4-3-5-7-18/h3-11,19,22-23,25H,12-17H2,1-2H3/p+1/t22-,23+/m0/s1. The van der Waals surface area contributed by atoms with Crippen molar-refractivity contribution in [2.24, 2.45) is 5.92 Å². The van der Waals surface area contributed by atoms with Crippen molar-refractivity contribution >= 4 is 11.6 Å². The molecule has 4 heteroatoms. The Labute approximate surface area is 168 Å². The molecule has 0 aromatic heterocycles. The molecule has 0 bridgehead atoms. The second-order valence-corrected chi connectivity index (χ2v) is 8.50. The Morgan fingerprint density at radius 3 is 2.25 bits per heavy atom. The zero-order chi connectivity index (χ0) is 19.5. The van der Waals surface area contributed by atoms with Crippen LogP contribution < -0.4 is 10.2 Å². The van der Waals surface area contributed by atoms with Crippen LogP contribution in [0.5, 0.6) is 0 Å². The van der Waals surface area contributed by atoms with E-state index in [4.69, 9.17) is 0 Å². The predicted molar refractivity (Wildman–Crippen MR) is 113 cm³/mol. The number of likely N-dealkylation sites (tertiary alicyclic amines) is 1. The first-order chi connectivity index (χ1) is 13.6. The van der Waals surface area contributed by atoms with Gasteiger partial charge in [-0.25, -0.2) is 0 Å². The number of quaternary nitrogens is 1. The quantitative estimate of drug-likeness (QED) is 0.856. The summed E-state index contributed by atoms with van der Waals surface area (Å²) in [5, 5.41) is 3.46. The third kappa shape index (κ3) is 3.98. The third-order valence-electron chi connectivity index (χ3n) is 6.53. The van der Waals surface area contributed by atoms with Gasteiger partial charge in [-0.15, -0.1) is 0 Å². The Morgan fingerprint density at radius 2 is 1.61 bits per heavy atom. The highest BCUT2D eigenvalue weighted by atomic mass is 16.2. The smallest absolute Gasteiger partial charge is 0.227 e.